The van der Waals surface area contributed by atoms with Gasteiger partial charge in [-0.3, -0.25) is 76.7 Å². The van der Waals surface area contributed by atoms with E-state index in [4.69, 9.17) is 11.5 Å². The Bertz CT molecular complexity index is 5220. The highest BCUT2D eigenvalue weighted by Crippen LogP contribution is 2.31. The number of aliphatic hydroxyl groups is 2. The average molecular weight is 1880 g/mol. The summed E-state index contributed by atoms with van der Waals surface area (Å²) in [6, 6.07) is 9.05. The second-order valence-electron chi connectivity index (χ2n) is 34.6. The van der Waals surface area contributed by atoms with Gasteiger partial charge in [0.05, 0.1) is 24.5 Å². The van der Waals surface area contributed by atoms with Crippen LogP contribution in [0.2, 0.25) is 0 Å². The number of nitrogens with one attached hydrogen (secondary N) is 9. The number of H-pyrrole nitrogens is 1. The van der Waals surface area contributed by atoms with Crippen LogP contribution in [0, 0.1) is 23.4 Å². The Hall–Kier alpha value is -13.0. The largest absolute Gasteiger partial charge is 0.508 e. The van der Waals surface area contributed by atoms with Gasteiger partial charge in [0.1, 0.15) is 84.3 Å². The normalized spacial score (nSPS) is 25.1. The number of nitrogens with zero attached hydrogens (tertiary/aromatic N) is 6. The molecule has 0 spiro atoms. The summed E-state index contributed by atoms with van der Waals surface area (Å²) in [4.78, 5) is 248. The predicted octanol–water partition coefficient (Wildman–Crippen LogP) is 0.391. The minimum absolute atomic E-state index is 0.0189. The quantitative estimate of drug-likeness (QED) is 0.0386. The topological polar surface area (TPSA) is 538 Å². The van der Waals surface area contributed by atoms with E-state index >= 15 is 61.5 Å². The number of aromatic hydroxyl groups is 1. The Labute approximate surface area is 776 Å². The number of para-hydroxylation sites is 1. The van der Waals surface area contributed by atoms with Gasteiger partial charge >= 0.3 is 5.97 Å². The number of aliphatic carboxylic acids is 1. The summed E-state index contributed by atoms with van der Waals surface area (Å²) in [6.45, 7) is 2.96. The number of nitrogens with two attached hydrogens (primary N) is 2. The van der Waals surface area contributed by atoms with Crippen molar-refractivity contribution in [2.24, 2.45) is 17.4 Å². The number of hydrogen-bond donors (Lipinski definition) is 15. The van der Waals surface area contributed by atoms with Gasteiger partial charge in [-0.05, 0) is 109 Å². The lowest BCUT2D eigenvalue weighted by Gasteiger charge is -2.38. The zero-order chi connectivity index (χ0) is 97.5. The maximum absolute atomic E-state index is 15.8. The summed E-state index contributed by atoms with van der Waals surface area (Å²) in [5, 5.41) is 65.1. The third-order valence-electron chi connectivity index (χ3n) is 24.5. The number of likely N-dealkylation sites (N-methyl/N-ethyl adjacent to an activating group) is 3. The van der Waals surface area contributed by atoms with Crippen LogP contribution in [0.1, 0.15) is 119 Å². The van der Waals surface area contributed by atoms with Crippen LogP contribution in [0.25, 0.3) is 10.9 Å². The number of carbonyl (C=O) groups excluding carboxylic acids is 15. The van der Waals surface area contributed by atoms with Crippen LogP contribution in [0.3, 0.4) is 0 Å². The monoisotopic (exact) mass is 1880 g/mol. The highest BCUT2D eigenvalue weighted by molar-refractivity contribution is 8.00. The molecule has 0 unspecified atom stereocenters. The zero-order valence-electron chi connectivity index (χ0n) is 75.3. The first-order valence-corrected chi connectivity index (χ1v) is 45.8. The zero-order valence-corrected chi connectivity index (χ0v) is 76.1. The van der Waals surface area contributed by atoms with E-state index in [1.165, 1.54) is 45.4 Å². The Morgan fingerprint density at radius 2 is 1.07 bits per heavy atom. The molecule has 4 aliphatic heterocycles. The molecule has 5 heterocycles. The number of halogens is 3. The number of thioether (sulfide) groups is 1. The smallest absolute Gasteiger partial charge is 0.303 e. The molecule has 17 N–H and O–H groups in total. The first-order chi connectivity index (χ1) is 63.8. The summed E-state index contributed by atoms with van der Waals surface area (Å²) < 4.78 is 45.1. The van der Waals surface area contributed by atoms with Gasteiger partial charge in [-0.1, -0.05) is 125 Å². The van der Waals surface area contributed by atoms with Crippen molar-refractivity contribution in [3.05, 3.63) is 173 Å². The highest BCUT2D eigenvalue weighted by atomic mass is 32.2. The van der Waals surface area contributed by atoms with Gasteiger partial charge in [0.15, 0.2) is 17.5 Å². The Balaban J connectivity index is 1.05. The van der Waals surface area contributed by atoms with Crippen molar-refractivity contribution in [2.45, 2.75) is 214 Å². The molecule has 10 rings (SSSR count). The number of primary amides is 1. The van der Waals surface area contributed by atoms with E-state index in [0.717, 1.165) is 29.4 Å². The Morgan fingerprint density at radius 3 is 1.69 bits per heavy atom. The second-order valence-corrected chi connectivity index (χ2v) is 35.7. The maximum Gasteiger partial charge on any atom is 0.303 e. The number of rotatable bonds is 23. The van der Waals surface area contributed by atoms with Crippen molar-refractivity contribution in [3.63, 3.8) is 0 Å². The molecule has 5 aromatic carbocycles. The van der Waals surface area contributed by atoms with Gasteiger partial charge in [0.2, 0.25) is 88.6 Å². The van der Waals surface area contributed by atoms with Gasteiger partial charge in [0.25, 0.3) is 0 Å². The van der Waals surface area contributed by atoms with Gasteiger partial charge in [-0.2, -0.15) is 0 Å². The fourth-order valence-corrected chi connectivity index (χ4v) is 18.0. The Morgan fingerprint density at radius 1 is 0.530 bits per heavy atom. The molecule has 41 heteroatoms. The predicted molar refractivity (Wildman–Crippen MR) is 483 cm³/mol. The highest BCUT2D eigenvalue weighted by Gasteiger charge is 2.51. The van der Waals surface area contributed by atoms with Crippen molar-refractivity contribution in [3.8, 4) is 5.75 Å². The van der Waals surface area contributed by atoms with Crippen LogP contribution in [0.15, 0.2) is 128 Å². The number of aromatic nitrogens is 1. The van der Waals surface area contributed by atoms with Gasteiger partial charge in [-0.15, -0.1) is 11.8 Å². The molecule has 6 aromatic rings. The van der Waals surface area contributed by atoms with Crippen LogP contribution in [0.5, 0.6) is 5.75 Å². The SMILES string of the molecule is CCCC[C@H]1C(=O)N2C[C@H](O)C[C@@H]2C(=O)N2C[C@H](O)C[C@H]2C(=O)N[C@@H](C(C)C)C(=O)N(C)[C@@H](Cc2ccccc2)C(=O)N[C@@H](CCC(=O)O)C(=O)N2CCC[C@@H]2C(=O)N[C@@H](Cc2c[nH]c3ccccc23)C(=O)N[C@@H](Cc2ccc(O)cc2)C(=O)N[C@@H](CCCN)C(=O)N[C@H](C(=O)NCC(N)=O)CSCC(=O)N[C@@H](Cc2cc(F)c(F)c(F)c2)C(=O)N(C)[C@@H](Cc2ccccc2)C(=O)N1C. The summed E-state index contributed by atoms with van der Waals surface area (Å²) in [7, 11) is 3.72. The molecular formula is C93H118F3N17O20S. The molecule has 1 aromatic heterocycles. The molecule has 15 amide bonds. The fourth-order valence-electron chi connectivity index (χ4n) is 17.2. The molecule has 4 saturated heterocycles. The lowest BCUT2D eigenvalue weighted by atomic mass is 9.98. The van der Waals surface area contributed by atoms with E-state index in [1.54, 1.807) is 112 Å². The number of carbonyl (C=O) groups is 16. The van der Waals surface area contributed by atoms with Crippen LogP contribution >= 0.6 is 11.8 Å². The van der Waals surface area contributed by atoms with Crippen molar-refractivity contribution in [1.29, 1.82) is 0 Å². The fraction of sp³-hybridized carbons (Fsp3) is 0.484. The molecule has 4 aliphatic rings. The van der Waals surface area contributed by atoms with E-state index < -0.39 is 272 Å². The summed E-state index contributed by atoms with van der Waals surface area (Å²) in [5.41, 5.74) is 13.4. The number of aromatic amines is 1. The number of phenols is 1. The van der Waals surface area contributed by atoms with E-state index in [2.05, 4.69) is 47.5 Å². The lowest BCUT2D eigenvalue weighted by molar-refractivity contribution is -0.154. The summed E-state index contributed by atoms with van der Waals surface area (Å²) in [6.07, 6.45) is -4.83. The molecule has 722 valence electrons. The third-order valence-corrected chi connectivity index (χ3v) is 25.5. The van der Waals surface area contributed by atoms with Crippen molar-refractivity contribution in [1.82, 2.24) is 76.9 Å². The Kier molecular flexibility index (Phi) is 37.0. The number of phenolic OH excluding ortho intramolecular Hbond substituents is 1. The van der Waals surface area contributed by atoms with Crippen LogP contribution in [-0.4, -0.2) is 306 Å². The van der Waals surface area contributed by atoms with E-state index in [-0.39, 0.29) is 88.6 Å². The standard InChI is InChI=1S/C93H118F3N17O20S/c1-7-8-26-71-91(131)113-48-59(116)44-75(113)92(132)112-47-58(115)43-73(112)87(127)107-80(51(2)3)93(133)109(5)72(40-52-19-11-9-12-20-52)86(126)103-65(32-33-78(119)120)89(129)111-35-18-27-70(111)85(125)105-67(42-56-45-99-63-24-16-15-23-60(56)63)84(124)104-66(38-54-28-30-57(114)31-29-54)83(123)102-64(25-17-34-97)82(122)106-69(81(121)100-46-76(98)117)49-134-50-77(118)101-68(39-55-36-61(94)79(96)62(95)37-55)88(128)110(6)74(90(130)108(71)4)41-53-21-13-10-14-22-53/h9-16,19-24,28-31,36-37,45,51,58-59,64-75,80,99,114-116H,7-8,17-18,25-27,32-35,38-44,46-50,97H2,1-6H3,(H2,98,117)(H,100,121)(H,101,118)(H,102,123)(H,103,126)(H,104,124)(H,105,125)(H,106,122)(H,107,127)(H,119,120)/t58-,59-,64+,65+,66+,67+,68+,69+,70-,71+,72+,73+,74+,75-,80+/m1/s1. The molecule has 134 heavy (non-hydrogen) atoms. The number of amides is 15. The van der Waals surface area contributed by atoms with Crippen LogP contribution in [-0.2, 0) is 109 Å². The molecule has 0 saturated carbocycles. The molecule has 37 nitrogen and oxygen atoms in total. The molecule has 0 bridgehead atoms. The number of unbranched alkanes of at least 4 members (excludes halogenated alkanes) is 1. The molecule has 0 aliphatic carbocycles. The summed E-state index contributed by atoms with van der Waals surface area (Å²) >= 11 is 0.652. The molecule has 0 radical (unpaired) electrons. The first kappa shape index (κ1) is 103. The third kappa shape index (κ3) is 27.1. The van der Waals surface area contributed by atoms with Gasteiger partial charge in [-0.25, -0.2) is 13.2 Å². The number of carboxylic acids is 1. The molecule has 15 atom stereocenters. The van der Waals surface area contributed by atoms with Crippen LogP contribution in [0.4, 0.5) is 13.2 Å². The first-order valence-electron chi connectivity index (χ1n) is 44.6. The van der Waals surface area contributed by atoms with E-state index in [9.17, 15) is 48.8 Å². The lowest BCUT2D eigenvalue weighted by Crippen LogP contribution is -2.61. The molecular weight excluding hydrogens is 1760 g/mol. The van der Waals surface area contributed by atoms with Crippen molar-refractivity contribution in [2.75, 3.05) is 65.4 Å². The van der Waals surface area contributed by atoms with Gasteiger partial charge < -0.3 is 109 Å². The van der Waals surface area contributed by atoms with E-state index in [0.29, 0.717) is 63.5 Å². The minimum atomic E-state index is -1.89. The molecule has 4 fully saturated rings. The van der Waals surface area contributed by atoms with Crippen LogP contribution < -0.4 is 54.0 Å². The number of fused-ring (bicyclic) bond motifs is 4. The minimum Gasteiger partial charge on any atom is -0.508 e. The van der Waals surface area contributed by atoms with Crippen molar-refractivity contribution >= 4 is 117 Å². The number of benzene rings is 5. The maximum atomic E-state index is 15.8. The summed E-state index contributed by atoms with van der Waals surface area (Å²) in [5.74, 6) is -23.6. The van der Waals surface area contributed by atoms with Gasteiger partial charge in [0, 0.05) is 115 Å². The number of aliphatic hydroxyl groups excluding tert-OH is 2. The van der Waals surface area contributed by atoms with E-state index in [1.807, 2.05) is 0 Å². The number of hydrogen-bond acceptors (Lipinski definition) is 21. The van der Waals surface area contributed by atoms with Crippen molar-refractivity contribution < 1.29 is 110 Å². The number of carboxylic acid groups (broad SMARTS) is 1. The average Bonchev–Trinajstić information content (AvgIpc) is 1.24. The second kappa shape index (κ2) is 48.1.